The Bertz CT molecular complexity index is 270. The molecule has 0 aromatic carbocycles. The Kier molecular flexibility index (Phi) is 4.53. The molecule has 0 spiro atoms. The zero-order valence-corrected chi connectivity index (χ0v) is 6.60. The number of hydrogen-bond acceptors (Lipinski definition) is 3. The molecule has 3 nitrogen and oxygen atoms in total. The standard InChI is InChI=1S/C5H4FNO2S.Li/c6-5-4(10(8)9)2-1-3-7-5;/h1-3H,(H,8,9);/q;+1/p-1. The van der Waals surface area contributed by atoms with E-state index in [0.717, 1.165) is 6.07 Å². The largest absolute Gasteiger partial charge is 1.00 e. The third-order valence-electron chi connectivity index (χ3n) is 0.904. The van der Waals surface area contributed by atoms with Crippen molar-refractivity contribution in [2.75, 3.05) is 0 Å². The summed E-state index contributed by atoms with van der Waals surface area (Å²) in [4.78, 5) is 2.74. The molecule has 6 heteroatoms. The van der Waals surface area contributed by atoms with Gasteiger partial charge in [-0.1, -0.05) is 0 Å². The molecule has 1 rings (SSSR count). The average Bonchev–Trinajstić information content (AvgIpc) is 1.88. The zero-order chi connectivity index (χ0) is 7.56. The van der Waals surface area contributed by atoms with Gasteiger partial charge in [-0.15, -0.1) is 0 Å². The van der Waals surface area contributed by atoms with Gasteiger partial charge < -0.3 is 4.55 Å². The third-order valence-corrected chi connectivity index (χ3v) is 1.57. The summed E-state index contributed by atoms with van der Waals surface area (Å²) >= 11 is -2.53. The van der Waals surface area contributed by atoms with Gasteiger partial charge in [0.15, 0.2) is 0 Å². The number of pyridine rings is 1. The molecule has 1 aromatic heterocycles. The molecule has 0 bridgehead atoms. The van der Waals surface area contributed by atoms with Crippen molar-refractivity contribution in [2.24, 2.45) is 0 Å². The van der Waals surface area contributed by atoms with Crippen LogP contribution in [0.25, 0.3) is 0 Å². The van der Waals surface area contributed by atoms with E-state index in [1.54, 1.807) is 0 Å². The first kappa shape index (κ1) is 10.8. The Morgan fingerprint density at radius 3 is 2.64 bits per heavy atom. The van der Waals surface area contributed by atoms with E-state index in [-0.39, 0.29) is 18.9 Å². The number of aromatic nitrogens is 1. The minimum Gasteiger partial charge on any atom is -0.768 e. The number of rotatable bonds is 1. The van der Waals surface area contributed by atoms with Crippen molar-refractivity contribution >= 4 is 11.1 Å². The summed E-state index contributed by atoms with van der Waals surface area (Å²) in [7, 11) is 0. The number of halogens is 1. The van der Waals surface area contributed by atoms with Crippen molar-refractivity contribution in [2.45, 2.75) is 4.90 Å². The van der Waals surface area contributed by atoms with Crippen LogP contribution in [0.5, 0.6) is 0 Å². The second-order valence-corrected chi connectivity index (χ2v) is 2.44. The van der Waals surface area contributed by atoms with Crippen LogP contribution in [0.3, 0.4) is 0 Å². The van der Waals surface area contributed by atoms with Crippen molar-refractivity contribution in [3.8, 4) is 0 Å². The first-order valence-corrected chi connectivity index (χ1v) is 3.49. The fraction of sp³-hybridized carbons (Fsp3) is 0. The van der Waals surface area contributed by atoms with Crippen LogP contribution >= 0.6 is 0 Å². The molecule has 11 heavy (non-hydrogen) atoms. The van der Waals surface area contributed by atoms with Gasteiger partial charge in [-0.3, -0.25) is 4.21 Å². The average molecular weight is 167 g/mol. The van der Waals surface area contributed by atoms with Crippen LogP contribution in [0.15, 0.2) is 23.2 Å². The quantitative estimate of drug-likeness (QED) is 0.263. The van der Waals surface area contributed by atoms with E-state index >= 15 is 0 Å². The summed E-state index contributed by atoms with van der Waals surface area (Å²) in [6.07, 6.45) is 1.19. The SMILES string of the molecule is O=S([O-])c1cccnc1F.[Li+]. The Morgan fingerprint density at radius 2 is 2.27 bits per heavy atom. The van der Waals surface area contributed by atoms with Gasteiger partial charge in [-0.25, -0.2) is 4.98 Å². The van der Waals surface area contributed by atoms with Gasteiger partial charge in [-0.05, 0) is 23.2 Å². The van der Waals surface area contributed by atoms with Crippen molar-refractivity contribution in [1.82, 2.24) is 4.98 Å². The van der Waals surface area contributed by atoms with E-state index in [1.165, 1.54) is 12.3 Å². The second-order valence-electron chi connectivity index (χ2n) is 1.53. The smallest absolute Gasteiger partial charge is 0.768 e. The van der Waals surface area contributed by atoms with Crippen LogP contribution in [0.4, 0.5) is 4.39 Å². The Hall–Kier alpha value is -0.213. The van der Waals surface area contributed by atoms with E-state index in [0.29, 0.717) is 0 Å². The van der Waals surface area contributed by atoms with Gasteiger partial charge in [0.1, 0.15) is 0 Å². The van der Waals surface area contributed by atoms with Crippen LogP contribution in [0.1, 0.15) is 0 Å². The van der Waals surface area contributed by atoms with E-state index in [4.69, 9.17) is 0 Å². The van der Waals surface area contributed by atoms with E-state index < -0.39 is 21.9 Å². The zero-order valence-electron chi connectivity index (χ0n) is 5.78. The first-order valence-electron chi connectivity index (χ1n) is 2.41. The van der Waals surface area contributed by atoms with Crippen LogP contribution in [-0.2, 0) is 11.1 Å². The first-order chi connectivity index (χ1) is 4.72. The topological polar surface area (TPSA) is 53.0 Å². The molecule has 54 valence electrons. The van der Waals surface area contributed by atoms with Gasteiger partial charge >= 0.3 is 18.9 Å². The predicted octanol–water partition coefficient (Wildman–Crippen LogP) is -2.54. The molecule has 0 saturated heterocycles. The summed E-state index contributed by atoms with van der Waals surface area (Å²) in [6.45, 7) is 0. The molecule has 1 heterocycles. The summed E-state index contributed by atoms with van der Waals surface area (Å²) in [5.74, 6) is -0.962. The van der Waals surface area contributed by atoms with Crippen molar-refractivity contribution in [3.05, 3.63) is 24.3 Å². The monoisotopic (exact) mass is 167 g/mol. The number of hydrogen-bond donors (Lipinski definition) is 0. The van der Waals surface area contributed by atoms with Crippen LogP contribution in [0, 0.1) is 5.95 Å². The van der Waals surface area contributed by atoms with E-state index in [9.17, 15) is 13.2 Å². The molecule has 1 unspecified atom stereocenters. The minimum atomic E-state index is -2.53. The Labute approximate surface area is 77.5 Å². The van der Waals surface area contributed by atoms with Crippen molar-refractivity contribution in [1.29, 1.82) is 0 Å². The van der Waals surface area contributed by atoms with Crippen molar-refractivity contribution in [3.63, 3.8) is 0 Å². The molecule has 0 radical (unpaired) electrons. The summed E-state index contributed by atoms with van der Waals surface area (Å²) < 4.78 is 32.6. The molecule has 0 amide bonds. The molecule has 1 atom stereocenters. The summed E-state index contributed by atoms with van der Waals surface area (Å²) in [6, 6.07) is 2.50. The molecule has 0 aliphatic heterocycles. The molecule has 1 aromatic rings. The van der Waals surface area contributed by atoms with Gasteiger partial charge in [-0.2, -0.15) is 4.39 Å². The molecular formula is C5H3FLiNO2S. The van der Waals surface area contributed by atoms with Crippen LogP contribution in [0.2, 0.25) is 0 Å². The van der Waals surface area contributed by atoms with Gasteiger partial charge in [0.2, 0.25) is 5.95 Å². The van der Waals surface area contributed by atoms with E-state index in [1.807, 2.05) is 0 Å². The molecular weight excluding hydrogens is 164 g/mol. The normalized spacial score (nSPS) is 11.8. The molecule has 0 N–H and O–H groups in total. The third kappa shape index (κ3) is 2.71. The summed E-state index contributed by atoms with van der Waals surface area (Å²) in [5, 5.41) is 0. The molecule has 0 aliphatic rings. The summed E-state index contributed by atoms with van der Waals surface area (Å²) in [5.41, 5.74) is 0. The maximum Gasteiger partial charge on any atom is 1.00 e. The van der Waals surface area contributed by atoms with Crippen LogP contribution in [-0.4, -0.2) is 13.7 Å². The second kappa shape index (κ2) is 4.62. The van der Waals surface area contributed by atoms with Gasteiger partial charge in [0, 0.05) is 6.20 Å². The minimum absolute atomic E-state index is 0. The van der Waals surface area contributed by atoms with Crippen LogP contribution < -0.4 is 18.9 Å². The fourth-order valence-corrected chi connectivity index (χ4v) is 0.876. The van der Waals surface area contributed by atoms with Gasteiger partial charge in [0.25, 0.3) is 0 Å². The predicted molar refractivity (Wildman–Crippen MR) is 31.4 cm³/mol. The molecule has 0 fully saturated rings. The molecule has 0 saturated carbocycles. The Morgan fingerprint density at radius 1 is 1.64 bits per heavy atom. The number of nitrogens with zero attached hydrogens (tertiary/aromatic N) is 1. The van der Waals surface area contributed by atoms with Crippen molar-refractivity contribution < 1.29 is 32.0 Å². The van der Waals surface area contributed by atoms with Gasteiger partial charge in [0.05, 0.1) is 4.90 Å². The maximum absolute atomic E-state index is 12.3. The Balaban J connectivity index is 0.000001000. The van der Waals surface area contributed by atoms with E-state index in [2.05, 4.69) is 4.98 Å². The fourth-order valence-electron chi connectivity index (χ4n) is 0.496. The maximum atomic E-state index is 12.3. The molecule has 0 aliphatic carbocycles.